The van der Waals surface area contributed by atoms with Crippen LogP contribution in [0, 0.1) is 0 Å². The van der Waals surface area contributed by atoms with E-state index in [1.165, 1.54) is 6.26 Å². The molecule has 4 nitrogen and oxygen atoms in total. The first-order valence-corrected chi connectivity index (χ1v) is 8.60. The minimum absolute atomic E-state index is 0. The predicted molar refractivity (Wildman–Crippen MR) is 93.2 cm³/mol. The van der Waals surface area contributed by atoms with Gasteiger partial charge in [0.25, 0.3) is 0 Å². The zero-order valence-corrected chi connectivity index (χ0v) is 14.4. The van der Waals surface area contributed by atoms with Crippen molar-refractivity contribution >= 4 is 40.7 Å². The van der Waals surface area contributed by atoms with Gasteiger partial charge in [0.05, 0.1) is 5.75 Å². The van der Waals surface area contributed by atoms with Crippen LogP contribution in [0.3, 0.4) is 0 Å². The fraction of sp³-hybridized carbons (Fsp3) is 0.462. The van der Waals surface area contributed by atoms with Gasteiger partial charge in [0.2, 0.25) is 0 Å². The lowest BCUT2D eigenvalue weighted by Crippen LogP contribution is -2.40. The summed E-state index contributed by atoms with van der Waals surface area (Å²) >= 11 is 5.17. The maximum atomic E-state index is 11.1. The molecule has 0 aliphatic carbocycles. The van der Waals surface area contributed by atoms with Crippen molar-refractivity contribution < 1.29 is 8.42 Å². The highest BCUT2D eigenvalue weighted by molar-refractivity contribution is 7.90. The molecule has 0 fully saturated rings. The molecule has 0 aliphatic heterocycles. The fourth-order valence-corrected chi connectivity index (χ4v) is 2.57. The lowest BCUT2D eigenvalue weighted by Gasteiger charge is -2.16. The molecule has 0 aliphatic rings. The van der Waals surface area contributed by atoms with Gasteiger partial charge in [0.1, 0.15) is 9.84 Å². The van der Waals surface area contributed by atoms with Crippen LogP contribution in [0.5, 0.6) is 0 Å². The Morgan fingerprint density at radius 3 is 2.45 bits per heavy atom. The van der Waals surface area contributed by atoms with E-state index >= 15 is 0 Å². The molecule has 0 heterocycles. The second-order valence-corrected chi connectivity index (χ2v) is 7.30. The van der Waals surface area contributed by atoms with E-state index in [9.17, 15) is 8.42 Å². The van der Waals surface area contributed by atoms with Crippen molar-refractivity contribution in [3.05, 3.63) is 35.9 Å². The van der Waals surface area contributed by atoms with Crippen LogP contribution in [0.1, 0.15) is 18.9 Å². The molecule has 0 aromatic heterocycles. The minimum Gasteiger partial charge on any atom is -0.360 e. The molecule has 0 amide bonds. The third kappa shape index (κ3) is 9.17. The summed E-state index contributed by atoms with van der Waals surface area (Å²) < 4.78 is 22.1. The maximum absolute atomic E-state index is 11.1. The Morgan fingerprint density at radius 2 is 1.90 bits per heavy atom. The zero-order valence-electron chi connectivity index (χ0n) is 11.7. The highest BCUT2D eigenvalue weighted by atomic mass is 32.2. The molecule has 114 valence electrons. The van der Waals surface area contributed by atoms with E-state index in [4.69, 9.17) is 12.2 Å². The van der Waals surface area contributed by atoms with Crippen LogP contribution in [-0.4, -0.2) is 31.6 Å². The average Bonchev–Trinajstić information content (AvgIpc) is 2.34. The van der Waals surface area contributed by atoms with Gasteiger partial charge in [0, 0.05) is 18.8 Å². The number of hydrogen-bond donors (Lipinski definition) is 2. The predicted octanol–water partition coefficient (Wildman–Crippen LogP) is 1.59. The van der Waals surface area contributed by atoms with Gasteiger partial charge in [-0.3, -0.25) is 0 Å². The quantitative estimate of drug-likeness (QED) is 0.774. The van der Waals surface area contributed by atoms with E-state index in [1.54, 1.807) is 0 Å². The maximum Gasteiger partial charge on any atom is 0.166 e. The first-order chi connectivity index (χ1) is 8.87. The summed E-state index contributed by atoms with van der Waals surface area (Å²) in [6.07, 6.45) is 1.79. The van der Waals surface area contributed by atoms with Crippen molar-refractivity contribution in [2.45, 2.75) is 25.9 Å². The third-order valence-electron chi connectivity index (χ3n) is 2.60. The molecule has 0 unspecified atom stereocenters. The normalized spacial score (nSPS) is 12.1. The summed E-state index contributed by atoms with van der Waals surface area (Å²) in [7, 11) is -2.91. The molecule has 0 spiro atoms. The van der Waals surface area contributed by atoms with Crippen LogP contribution >= 0.6 is 25.7 Å². The van der Waals surface area contributed by atoms with Crippen LogP contribution in [0.15, 0.2) is 30.3 Å². The molecule has 0 radical (unpaired) electrons. The Balaban J connectivity index is 0.00000361. The average molecular weight is 335 g/mol. The Kier molecular flexibility index (Phi) is 8.84. The number of nitrogens with one attached hydrogen (secondary N) is 2. The number of sulfone groups is 1. The largest absolute Gasteiger partial charge is 0.360 e. The first kappa shape index (κ1) is 19.2. The second-order valence-electron chi connectivity index (χ2n) is 4.63. The van der Waals surface area contributed by atoms with Gasteiger partial charge in [-0.25, -0.2) is 8.42 Å². The van der Waals surface area contributed by atoms with Gasteiger partial charge in [-0.15, -0.1) is 0 Å². The monoisotopic (exact) mass is 334 g/mol. The number of hydrogen-bond acceptors (Lipinski definition) is 3. The molecule has 20 heavy (non-hydrogen) atoms. The van der Waals surface area contributed by atoms with Gasteiger partial charge < -0.3 is 10.6 Å². The Bertz CT molecular complexity index is 504. The molecule has 7 heteroatoms. The molecular weight excluding hydrogens is 312 g/mol. The van der Waals surface area contributed by atoms with E-state index in [-0.39, 0.29) is 25.3 Å². The summed E-state index contributed by atoms with van der Waals surface area (Å²) in [6, 6.07) is 9.98. The smallest absolute Gasteiger partial charge is 0.166 e. The van der Waals surface area contributed by atoms with Crippen molar-refractivity contribution in [1.29, 1.82) is 0 Å². The van der Waals surface area contributed by atoms with E-state index < -0.39 is 9.84 Å². The van der Waals surface area contributed by atoms with Crippen LogP contribution in [-0.2, 0) is 16.4 Å². The number of rotatable bonds is 6. The van der Waals surface area contributed by atoms with E-state index in [0.29, 0.717) is 18.1 Å². The minimum atomic E-state index is -2.91. The van der Waals surface area contributed by atoms with Gasteiger partial charge in [0.15, 0.2) is 5.11 Å². The molecular formula is C13H22N2O2S3. The van der Waals surface area contributed by atoms with E-state index in [0.717, 1.165) is 5.56 Å². The van der Waals surface area contributed by atoms with Crippen molar-refractivity contribution in [1.82, 2.24) is 10.6 Å². The third-order valence-corrected chi connectivity index (χ3v) is 3.83. The molecule has 1 atom stereocenters. The Hall–Kier alpha value is -0.790. The second kappa shape index (κ2) is 9.20. The molecule has 0 bridgehead atoms. The lowest BCUT2D eigenvalue weighted by atomic mass is 10.2. The van der Waals surface area contributed by atoms with Crippen molar-refractivity contribution in [2.75, 3.05) is 12.0 Å². The Morgan fingerprint density at radius 1 is 1.30 bits per heavy atom. The standard InChI is InChI=1S/C13H20N2O2S2.H2S/c1-11(8-9-19(2,16)17)15-13(18)14-10-12-6-4-3-5-7-12;/h3-7,11H,8-10H2,1-2H3,(H2,14,15,18);1H2/t11-;/m0./s1. The molecule has 1 rings (SSSR count). The SMILES string of the molecule is C[C@@H](CCS(C)(=O)=O)NC(=S)NCc1ccccc1.S. The van der Waals surface area contributed by atoms with Crippen LogP contribution in [0.2, 0.25) is 0 Å². The van der Waals surface area contributed by atoms with Crippen LogP contribution in [0.4, 0.5) is 0 Å². The topological polar surface area (TPSA) is 58.2 Å². The first-order valence-electron chi connectivity index (χ1n) is 6.13. The van der Waals surface area contributed by atoms with Crippen LogP contribution in [0.25, 0.3) is 0 Å². The molecule has 2 N–H and O–H groups in total. The van der Waals surface area contributed by atoms with E-state index in [2.05, 4.69) is 10.6 Å². The lowest BCUT2D eigenvalue weighted by molar-refractivity contribution is 0.583. The summed E-state index contributed by atoms with van der Waals surface area (Å²) in [5.74, 6) is 0.169. The van der Waals surface area contributed by atoms with Gasteiger partial charge in [-0.2, -0.15) is 13.5 Å². The molecule has 0 saturated heterocycles. The highest BCUT2D eigenvalue weighted by Gasteiger charge is 2.08. The molecule has 0 saturated carbocycles. The molecule has 1 aromatic rings. The Labute approximate surface area is 133 Å². The summed E-state index contributed by atoms with van der Waals surface area (Å²) in [6.45, 7) is 2.58. The van der Waals surface area contributed by atoms with Gasteiger partial charge in [-0.1, -0.05) is 30.3 Å². The van der Waals surface area contributed by atoms with Crippen molar-refractivity contribution in [2.24, 2.45) is 0 Å². The fourth-order valence-electron chi connectivity index (χ4n) is 1.52. The number of thiocarbonyl (C=S) groups is 1. The van der Waals surface area contributed by atoms with Gasteiger partial charge >= 0.3 is 0 Å². The summed E-state index contributed by atoms with van der Waals surface area (Å²) in [5.41, 5.74) is 1.15. The van der Waals surface area contributed by atoms with Gasteiger partial charge in [-0.05, 0) is 31.1 Å². The zero-order chi connectivity index (χ0) is 14.3. The van der Waals surface area contributed by atoms with Crippen LogP contribution < -0.4 is 10.6 Å². The highest BCUT2D eigenvalue weighted by Crippen LogP contribution is 1.98. The summed E-state index contributed by atoms with van der Waals surface area (Å²) in [4.78, 5) is 0. The summed E-state index contributed by atoms with van der Waals surface area (Å²) in [5, 5.41) is 6.72. The molecule has 1 aromatic carbocycles. The van der Waals surface area contributed by atoms with Crippen molar-refractivity contribution in [3.8, 4) is 0 Å². The van der Waals surface area contributed by atoms with E-state index in [1.807, 2.05) is 37.3 Å². The number of benzene rings is 1. The van der Waals surface area contributed by atoms with Crippen molar-refractivity contribution in [3.63, 3.8) is 0 Å².